The fourth-order valence-corrected chi connectivity index (χ4v) is 3.19. The van der Waals surface area contributed by atoms with Crippen LogP contribution in [0.2, 0.25) is 0 Å². The number of nitrogens with one attached hydrogen (secondary N) is 1. The molecule has 5 nitrogen and oxygen atoms in total. The van der Waals surface area contributed by atoms with Crippen molar-refractivity contribution < 1.29 is 14.3 Å². The lowest BCUT2D eigenvalue weighted by Gasteiger charge is -2.17. The van der Waals surface area contributed by atoms with Gasteiger partial charge in [-0.25, -0.2) is 0 Å². The van der Waals surface area contributed by atoms with Crippen molar-refractivity contribution in [1.29, 1.82) is 0 Å². The Hall–Kier alpha value is -2.82. The lowest BCUT2D eigenvalue weighted by atomic mass is 10.1. The molecule has 1 N–H and O–H groups in total. The van der Waals surface area contributed by atoms with Gasteiger partial charge in [0.05, 0.1) is 13.0 Å². The van der Waals surface area contributed by atoms with Gasteiger partial charge in [0.1, 0.15) is 5.75 Å². The number of amides is 2. The van der Waals surface area contributed by atoms with Crippen LogP contribution in [0.15, 0.2) is 42.5 Å². The summed E-state index contributed by atoms with van der Waals surface area (Å²) in [4.78, 5) is 26.5. The van der Waals surface area contributed by atoms with Gasteiger partial charge in [0.15, 0.2) is 0 Å². The number of nitrogens with zero attached hydrogens (tertiary/aromatic N) is 1. The van der Waals surface area contributed by atoms with Crippen molar-refractivity contribution in [2.75, 3.05) is 23.9 Å². The number of benzene rings is 2. The summed E-state index contributed by atoms with van der Waals surface area (Å²) in [5, 5.41) is 2.94. The van der Waals surface area contributed by atoms with E-state index >= 15 is 0 Å². The van der Waals surface area contributed by atoms with E-state index in [0.29, 0.717) is 6.54 Å². The van der Waals surface area contributed by atoms with Crippen LogP contribution in [0.3, 0.4) is 0 Å². The highest BCUT2D eigenvalue weighted by atomic mass is 16.5. The maximum absolute atomic E-state index is 12.6. The Balaban J connectivity index is 1.69. The molecule has 1 heterocycles. The number of hydrogen-bond acceptors (Lipinski definition) is 3. The number of rotatable bonds is 4. The summed E-state index contributed by atoms with van der Waals surface area (Å²) >= 11 is 0. The van der Waals surface area contributed by atoms with E-state index in [1.54, 1.807) is 12.0 Å². The highest BCUT2D eigenvalue weighted by molar-refractivity contribution is 6.03. The van der Waals surface area contributed by atoms with Crippen molar-refractivity contribution in [3.05, 3.63) is 53.6 Å². The molecule has 5 heteroatoms. The number of methoxy groups -OCH3 is 1. The van der Waals surface area contributed by atoms with Crippen LogP contribution in [0.5, 0.6) is 5.75 Å². The minimum absolute atomic E-state index is 0.0364. The van der Waals surface area contributed by atoms with Crippen LogP contribution in [-0.4, -0.2) is 25.5 Å². The Morgan fingerprint density at radius 2 is 1.76 bits per heavy atom. The molecule has 0 bridgehead atoms. The molecule has 0 radical (unpaired) electrons. The van der Waals surface area contributed by atoms with Gasteiger partial charge in [-0.15, -0.1) is 0 Å². The fraction of sp³-hybridized carbons (Fsp3) is 0.300. The van der Waals surface area contributed by atoms with Gasteiger partial charge < -0.3 is 15.0 Å². The molecular formula is C20H22N2O3. The zero-order valence-corrected chi connectivity index (χ0v) is 14.7. The molecule has 0 aliphatic carbocycles. The van der Waals surface area contributed by atoms with Crippen LogP contribution in [0, 0.1) is 19.8 Å². The van der Waals surface area contributed by atoms with Crippen LogP contribution in [0.1, 0.15) is 17.5 Å². The van der Waals surface area contributed by atoms with Crippen LogP contribution in [0.4, 0.5) is 11.4 Å². The molecule has 1 aliphatic rings. The second-order valence-corrected chi connectivity index (χ2v) is 6.47. The Morgan fingerprint density at radius 3 is 2.36 bits per heavy atom. The van der Waals surface area contributed by atoms with Crippen LogP contribution < -0.4 is 15.0 Å². The molecule has 1 saturated heterocycles. The number of anilines is 2. The maximum Gasteiger partial charge on any atom is 0.229 e. The Morgan fingerprint density at radius 1 is 1.12 bits per heavy atom. The molecule has 0 unspecified atom stereocenters. The molecule has 3 rings (SSSR count). The molecule has 0 saturated carbocycles. The van der Waals surface area contributed by atoms with Crippen molar-refractivity contribution in [1.82, 2.24) is 0 Å². The largest absolute Gasteiger partial charge is 0.497 e. The van der Waals surface area contributed by atoms with Crippen molar-refractivity contribution in [3.8, 4) is 5.75 Å². The van der Waals surface area contributed by atoms with Gasteiger partial charge in [0.2, 0.25) is 11.8 Å². The smallest absolute Gasteiger partial charge is 0.229 e. The third kappa shape index (κ3) is 3.82. The summed E-state index contributed by atoms with van der Waals surface area (Å²) in [5.41, 5.74) is 3.75. The molecule has 2 aromatic carbocycles. The van der Waals surface area contributed by atoms with Gasteiger partial charge in [-0.05, 0) is 61.4 Å². The maximum atomic E-state index is 12.6. The first-order chi connectivity index (χ1) is 12.0. The topological polar surface area (TPSA) is 58.6 Å². The summed E-state index contributed by atoms with van der Waals surface area (Å²) < 4.78 is 5.14. The summed E-state index contributed by atoms with van der Waals surface area (Å²) in [6.07, 6.45) is 0.225. The lowest BCUT2D eigenvalue weighted by Crippen LogP contribution is -2.28. The predicted octanol–water partition coefficient (Wildman–Crippen LogP) is 3.30. The highest BCUT2D eigenvalue weighted by Crippen LogP contribution is 2.27. The van der Waals surface area contributed by atoms with Crippen molar-refractivity contribution in [2.24, 2.45) is 5.92 Å². The van der Waals surface area contributed by atoms with Crippen LogP contribution in [-0.2, 0) is 9.59 Å². The summed E-state index contributed by atoms with van der Waals surface area (Å²) in [5.74, 6) is 0.232. The highest BCUT2D eigenvalue weighted by Gasteiger charge is 2.35. The van der Waals surface area contributed by atoms with Crippen molar-refractivity contribution in [3.63, 3.8) is 0 Å². The standard InChI is InChI=1S/C20H22N2O3/c1-13-8-14(2)10-16(9-13)21-20(24)15-11-19(23)22(12-15)17-4-6-18(25-3)7-5-17/h4-10,15H,11-12H2,1-3H3,(H,21,24)/t15-/m0/s1. The molecule has 2 amide bonds. The first-order valence-corrected chi connectivity index (χ1v) is 8.30. The third-order valence-electron chi connectivity index (χ3n) is 4.37. The van der Waals surface area contributed by atoms with Gasteiger partial charge in [0, 0.05) is 24.3 Å². The number of ether oxygens (including phenoxy) is 1. The molecular weight excluding hydrogens is 316 g/mol. The van der Waals surface area contributed by atoms with Gasteiger partial charge in [-0.1, -0.05) is 6.07 Å². The van der Waals surface area contributed by atoms with Crippen molar-refractivity contribution in [2.45, 2.75) is 20.3 Å². The fourth-order valence-electron chi connectivity index (χ4n) is 3.19. The molecule has 1 atom stereocenters. The minimum Gasteiger partial charge on any atom is -0.497 e. The van der Waals surface area contributed by atoms with Gasteiger partial charge >= 0.3 is 0 Å². The number of carbonyl (C=O) groups is 2. The van der Waals surface area contributed by atoms with Gasteiger partial charge in [-0.2, -0.15) is 0 Å². The Kier molecular flexibility index (Phi) is 4.74. The second kappa shape index (κ2) is 6.97. The zero-order valence-electron chi connectivity index (χ0n) is 14.7. The monoisotopic (exact) mass is 338 g/mol. The molecule has 25 heavy (non-hydrogen) atoms. The average molecular weight is 338 g/mol. The van der Waals surface area contributed by atoms with Crippen LogP contribution >= 0.6 is 0 Å². The van der Waals surface area contributed by atoms with E-state index in [1.807, 2.05) is 50.2 Å². The molecule has 0 aromatic heterocycles. The SMILES string of the molecule is COc1ccc(N2C[C@@H](C(=O)Nc3cc(C)cc(C)c3)CC2=O)cc1. The Labute approximate surface area is 147 Å². The quantitative estimate of drug-likeness (QED) is 0.930. The number of hydrogen-bond donors (Lipinski definition) is 1. The van der Waals surface area contributed by atoms with E-state index in [-0.39, 0.29) is 24.2 Å². The lowest BCUT2D eigenvalue weighted by molar-refractivity contribution is -0.122. The second-order valence-electron chi connectivity index (χ2n) is 6.47. The normalized spacial score (nSPS) is 16.8. The molecule has 1 aliphatic heterocycles. The van der Waals surface area contributed by atoms with Gasteiger partial charge in [0.25, 0.3) is 0 Å². The molecule has 0 spiro atoms. The molecule has 2 aromatic rings. The van der Waals surface area contributed by atoms with E-state index in [9.17, 15) is 9.59 Å². The summed E-state index contributed by atoms with van der Waals surface area (Å²) in [6.45, 7) is 4.38. The Bertz CT molecular complexity index is 779. The first-order valence-electron chi connectivity index (χ1n) is 8.30. The van der Waals surface area contributed by atoms with Crippen LogP contribution in [0.25, 0.3) is 0 Å². The van der Waals surface area contributed by atoms with E-state index in [4.69, 9.17) is 4.74 Å². The summed E-state index contributed by atoms with van der Waals surface area (Å²) in [6, 6.07) is 13.2. The predicted molar refractivity (Wildman–Crippen MR) is 98.0 cm³/mol. The minimum atomic E-state index is -0.351. The molecule has 130 valence electrons. The molecule has 1 fully saturated rings. The van der Waals surface area contributed by atoms with E-state index in [0.717, 1.165) is 28.3 Å². The van der Waals surface area contributed by atoms with Crippen molar-refractivity contribution >= 4 is 23.2 Å². The zero-order chi connectivity index (χ0) is 18.0. The number of carbonyl (C=O) groups excluding carboxylic acids is 2. The van der Waals surface area contributed by atoms with E-state index in [1.165, 1.54) is 0 Å². The first kappa shape index (κ1) is 17.0. The van der Waals surface area contributed by atoms with Gasteiger partial charge in [-0.3, -0.25) is 9.59 Å². The van der Waals surface area contributed by atoms with E-state index < -0.39 is 0 Å². The third-order valence-corrected chi connectivity index (χ3v) is 4.37. The van der Waals surface area contributed by atoms with E-state index in [2.05, 4.69) is 11.4 Å². The summed E-state index contributed by atoms with van der Waals surface area (Å²) in [7, 11) is 1.60. The average Bonchev–Trinajstić information content (AvgIpc) is 2.96. The number of aryl methyl sites for hydroxylation is 2.